The van der Waals surface area contributed by atoms with Crippen molar-refractivity contribution in [2.45, 2.75) is 40.5 Å². The summed E-state index contributed by atoms with van der Waals surface area (Å²) in [6, 6.07) is 0. The fourth-order valence-electron chi connectivity index (χ4n) is 0.352. The first-order valence-corrected chi connectivity index (χ1v) is 3.62. The number of Topliss-reactive ketones (excluding diaryl/α,β-unsaturated/α-hetero) is 2. The average Bonchev–Trinajstić information content (AvgIpc) is 1.89. The van der Waals surface area contributed by atoms with Gasteiger partial charge in [-0.25, -0.2) is 0 Å². The molecule has 0 radical (unpaired) electrons. The lowest BCUT2D eigenvalue weighted by molar-refractivity contribution is -0.122. The van der Waals surface area contributed by atoms with E-state index in [9.17, 15) is 9.59 Å². The second-order valence-electron chi connectivity index (χ2n) is 1.90. The van der Waals surface area contributed by atoms with Crippen molar-refractivity contribution in [3.8, 4) is 0 Å². The molecule has 0 heterocycles. The van der Waals surface area contributed by atoms with Crippen molar-refractivity contribution in [1.29, 1.82) is 0 Å². The van der Waals surface area contributed by atoms with Crippen LogP contribution in [0.15, 0.2) is 0 Å². The van der Waals surface area contributed by atoms with E-state index in [1.165, 1.54) is 13.8 Å². The monoisotopic (exact) mass is 147 g/mol. The van der Waals surface area contributed by atoms with Crippen LogP contribution in [0.2, 0.25) is 0 Å². The Morgan fingerprint density at radius 3 is 1.30 bits per heavy atom. The molecular formula is C8H18O2. The molecule has 2 nitrogen and oxygen atoms in total. The summed E-state index contributed by atoms with van der Waals surface area (Å²) in [4.78, 5) is 20.4. The van der Waals surface area contributed by atoms with E-state index in [2.05, 4.69) is 0 Å². The lowest BCUT2D eigenvalue weighted by Gasteiger charge is -1.86. The lowest BCUT2D eigenvalue weighted by atomic mass is 10.2. The Balaban J connectivity index is -0.000000196. The highest BCUT2D eigenvalue weighted by Gasteiger charge is 1.95. The molecule has 0 fully saturated rings. The summed E-state index contributed by atoms with van der Waals surface area (Å²) in [7, 11) is 0. The third-order valence-electron chi connectivity index (χ3n) is 0.829. The average molecular weight is 147 g/mol. The fraction of sp³-hybridized carbons (Fsp3) is 0.750. The number of carbonyl (C=O) groups is 2. The molecule has 0 amide bonds. The molecule has 0 aliphatic rings. The summed E-state index contributed by atoms with van der Waals surface area (Å²) >= 11 is 0. The van der Waals surface area contributed by atoms with Gasteiger partial charge in [0.15, 0.2) is 0 Å². The van der Waals surface area contributed by atoms with Crippen LogP contribution in [-0.4, -0.2) is 11.6 Å². The number of ketones is 2. The first-order valence-electron chi connectivity index (χ1n) is 3.62. The number of carbonyl (C=O) groups excluding carboxylic acids is 2. The normalized spacial score (nSPS) is 7.60. The van der Waals surface area contributed by atoms with Crippen molar-refractivity contribution in [1.82, 2.24) is 0 Å². The Hall–Kier alpha value is -0.660. The van der Waals surface area contributed by atoms with Crippen LogP contribution in [-0.2, 0) is 9.59 Å². The van der Waals surface area contributed by atoms with Crippen LogP contribution < -0.4 is 0 Å². The topological polar surface area (TPSA) is 34.1 Å². The van der Waals surface area contributed by atoms with E-state index in [0.717, 1.165) is 0 Å². The van der Waals surface area contributed by atoms with Gasteiger partial charge in [0.1, 0.15) is 11.6 Å². The Morgan fingerprint density at radius 2 is 1.20 bits per heavy atom. The molecule has 10 heavy (non-hydrogen) atoms. The van der Waals surface area contributed by atoms with Gasteiger partial charge >= 0.3 is 0 Å². The summed E-state index contributed by atoms with van der Waals surface area (Å²) in [5.74, 6) is 0.167. The van der Waals surface area contributed by atoms with Gasteiger partial charge in [-0.2, -0.15) is 0 Å². The van der Waals surface area contributed by atoms with Crippen LogP contribution >= 0.6 is 0 Å². The molecule has 62 valence electrons. The number of rotatable bonds is 3. The molecule has 0 aliphatic heterocycles. The quantitative estimate of drug-likeness (QED) is 0.613. The van der Waals surface area contributed by atoms with Crippen LogP contribution in [0.1, 0.15) is 42.0 Å². The Morgan fingerprint density at radius 1 is 1.00 bits per heavy atom. The fourth-order valence-corrected chi connectivity index (χ4v) is 0.352. The summed E-state index contributed by atoms with van der Waals surface area (Å²) in [5, 5.41) is 0. The van der Waals surface area contributed by atoms with Gasteiger partial charge < -0.3 is 9.59 Å². The predicted molar refractivity (Wildman–Crippen MR) is 44.1 cm³/mol. The summed E-state index contributed by atoms with van der Waals surface area (Å²) in [6.45, 7) is 6.98. The predicted octanol–water partition coefficient (Wildman–Crippen LogP) is 2.22. The Bertz CT molecular complexity index is 96.7. The van der Waals surface area contributed by atoms with Gasteiger partial charge in [-0.05, 0) is 13.8 Å². The van der Waals surface area contributed by atoms with E-state index in [1.807, 2.05) is 13.8 Å². The van der Waals surface area contributed by atoms with Crippen molar-refractivity contribution in [3.63, 3.8) is 0 Å². The number of hydrogen-bond acceptors (Lipinski definition) is 2. The largest absolute Gasteiger partial charge is 0.300 e. The standard InChI is InChI=1S/C6H10O2.C2H6.H2/c1-5(7)3-4-6(2)8;1-2;/h3-4H2,1-2H3;1-2H3;1H/i;;1+1. The first kappa shape index (κ1) is 12.1. The van der Waals surface area contributed by atoms with Crippen LogP contribution in [0, 0.1) is 0 Å². The zero-order valence-electron chi connectivity index (χ0n) is 7.23. The number of hydrogen-bond donors (Lipinski definition) is 0. The van der Waals surface area contributed by atoms with Crippen LogP contribution in [0.3, 0.4) is 0 Å². The van der Waals surface area contributed by atoms with Gasteiger partial charge in [-0.1, -0.05) is 13.8 Å². The molecule has 0 aromatic rings. The first-order chi connectivity index (χ1) is 4.63. The second kappa shape index (κ2) is 8.34. The Labute approximate surface area is 64.1 Å². The highest BCUT2D eigenvalue weighted by Crippen LogP contribution is 1.89. The van der Waals surface area contributed by atoms with Crippen LogP contribution in [0.25, 0.3) is 0 Å². The van der Waals surface area contributed by atoms with Crippen LogP contribution in [0.4, 0.5) is 0 Å². The van der Waals surface area contributed by atoms with E-state index in [-0.39, 0.29) is 13.0 Å². The van der Waals surface area contributed by atoms with E-state index in [0.29, 0.717) is 12.8 Å². The molecule has 0 atom stereocenters. The molecule has 0 aromatic carbocycles. The molecule has 0 saturated carbocycles. The summed E-state index contributed by atoms with van der Waals surface area (Å²) in [5.41, 5.74) is 0. The molecule has 0 spiro atoms. The molecule has 0 bridgehead atoms. The van der Waals surface area contributed by atoms with Crippen molar-refractivity contribution >= 4 is 11.6 Å². The van der Waals surface area contributed by atoms with Crippen LogP contribution in [0.5, 0.6) is 0 Å². The smallest absolute Gasteiger partial charge is 0.130 e. The summed E-state index contributed by atoms with van der Waals surface area (Å²) < 4.78 is 0. The SMILES string of the molecule is CC.CC(=O)CCC(C)=O.[2HH]. The zero-order valence-corrected chi connectivity index (χ0v) is 7.23. The molecule has 0 N–H and O–H groups in total. The third kappa shape index (κ3) is 15.7. The van der Waals surface area contributed by atoms with Gasteiger partial charge in [-0.3, -0.25) is 0 Å². The van der Waals surface area contributed by atoms with Crippen molar-refractivity contribution < 1.29 is 11.0 Å². The zero-order chi connectivity index (χ0) is 8.57. The van der Waals surface area contributed by atoms with Gasteiger partial charge in [0.05, 0.1) is 0 Å². The molecular weight excluding hydrogens is 128 g/mol. The van der Waals surface area contributed by atoms with Gasteiger partial charge in [0.25, 0.3) is 0 Å². The van der Waals surface area contributed by atoms with Crippen molar-refractivity contribution in [2.75, 3.05) is 0 Å². The second-order valence-corrected chi connectivity index (χ2v) is 1.90. The molecule has 0 rings (SSSR count). The molecule has 0 aliphatic carbocycles. The molecule has 0 unspecified atom stereocenters. The lowest BCUT2D eigenvalue weighted by Crippen LogP contribution is -1.95. The van der Waals surface area contributed by atoms with Crippen molar-refractivity contribution in [2.24, 2.45) is 0 Å². The van der Waals surface area contributed by atoms with E-state index in [1.54, 1.807) is 0 Å². The van der Waals surface area contributed by atoms with E-state index < -0.39 is 0 Å². The maximum Gasteiger partial charge on any atom is 0.130 e. The summed E-state index contributed by atoms with van der Waals surface area (Å²) in [6.07, 6.45) is 0.796. The minimum atomic E-state index is 0. The highest BCUT2D eigenvalue weighted by molar-refractivity contribution is 5.83. The van der Waals surface area contributed by atoms with Gasteiger partial charge in [0.2, 0.25) is 0 Å². The maximum atomic E-state index is 10.2. The van der Waals surface area contributed by atoms with Gasteiger partial charge in [-0.15, -0.1) is 0 Å². The van der Waals surface area contributed by atoms with Gasteiger partial charge in [0, 0.05) is 14.3 Å². The van der Waals surface area contributed by atoms with E-state index in [4.69, 9.17) is 0 Å². The minimum Gasteiger partial charge on any atom is -0.300 e. The highest BCUT2D eigenvalue weighted by atomic mass is 16.1. The molecule has 2 heteroatoms. The molecule has 0 saturated heterocycles. The minimum absolute atomic E-state index is 0. The third-order valence-corrected chi connectivity index (χ3v) is 0.829. The van der Waals surface area contributed by atoms with Crippen molar-refractivity contribution in [3.05, 3.63) is 0 Å². The Kier molecular flexibility index (Phi) is 10.1. The maximum absolute atomic E-state index is 10.2. The van der Waals surface area contributed by atoms with E-state index >= 15 is 0 Å². The molecule has 0 aromatic heterocycles.